The molecule has 1 saturated heterocycles. The van der Waals surface area contributed by atoms with E-state index in [-0.39, 0.29) is 6.10 Å². The SMILES string of the molecule is CC(CCC[C@@H](C)[C@H]1CC[C@H]2[C@@H]3CC=C4C[C@@H](O)CC[C@]4(C)[C@H]3CC[C@]12C)CC1COCCN1CCN. The number of ether oxygens (including phenoxy) is 1. The summed E-state index contributed by atoms with van der Waals surface area (Å²) < 4.78 is 5.81. The van der Waals surface area contributed by atoms with E-state index in [1.165, 1.54) is 64.2 Å². The molecule has 0 aromatic carbocycles. The third-order valence-corrected chi connectivity index (χ3v) is 12.6. The maximum atomic E-state index is 10.3. The van der Waals surface area contributed by atoms with Crippen LogP contribution >= 0.6 is 0 Å². The molecule has 5 aliphatic rings. The minimum Gasteiger partial charge on any atom is -0.393 e. The molecule has 3 saturated carbocycles. The Balaban J connectivity index is 1.14. The van der Waals surface area contributed by atoms with Gasteiger partial charge in [-0.2, -0.15) is 0 Å². The number of rotatable bonds is 9. The van der Waals surface area contributed by atoms with Crippen LogP contribution in [0.25, 0.3) is 0 Å². The monoisotopic (exact) mass is 514 g/mol. The normalized spacial score (nSPS) is 43.9. The molecule has 4 nitrogen and oxygen atoms in total. The molecular weight excluding hydrogens is 456 g/mol. The van der Waals surface area contributed by atoms with Crippen LogP contribution in [0, 0.1) is 46.3 Å². The van der Waals surface area contributed by atoms with Crippen LogP contribution in [-0.4, -0.2) is 55.0 Å². The Kier molecular flexibility index (Phi) is 8.81. The maximum Gasteiger partial charge on any atom is 0.0622 e. The highest BCUT2D eigenvalue weighted by atomic mass is 16.5. The molecule has 37 heavy (non-hydrogen) atoms. The van der Waals surface area contributed by atoms with Gasteiger partial charge in [0.05, 0.1) is 19.3 Å². The van der Waals surface area contributed by atoms with E-state index in [1.807, 2.05) is 0 Å². The molecule has 3 N–H and O–H groups in total. The molecule has 0 aromatic rings. The molecule has 4 fully saturated rings. The van der Waals surface area contributed by atoms with E-state index in [1.54, 1.807) is 5.57 Å². The van der Waals surface area contributed by atoms with Crippen LogP contribution < -0.4 is 5.73 Å². The highest BCUT2D eigenvalue weighted by Gasteiger charge is 2.59. The molecule has 5 rings (SSSR count). The van der Waals surface area contributed by atoms with E-state index in [0.717, 1.165) is 81.2 Å². The lowest BCUT2D eigenvalue weighted by molar-refractivity contribution is -0.0573. The summed E-state index contributed by atoms with van der Waals surface area (Å²) in [6.45, 7) is 14.9. The van der Waals surface area contributed by atoms with Crippen molar-refractivity contribution in [2.45, 2.75) is 117 Å². The minimum atomic E-state index is -0.0926. The zero-order valence-electron chi connectivity index (χ0n) is 24.6. The standard InChI is InChI=1S/C33H58N2O2/c1-23(20-26-22-37-19-18-35(26)17-16-34)6-5-7-24(2)29-10-11-30-28-9-8-25-21-27(36)12-14-32(25,3)31(28)13-15-33(29,30)4/h8,23-24,26-31,36H,5-7,9-22,34H2,1-4H3/t23?,24-,26?,27+,28+,29-,30+,31+,32+,33-/m1/s1. The third-order valence-electron chi connectivity index (χ3n) is 12.6. The van der Waals surface area contributed by atoms with Gasteiger partial charge >= 0.3 is 0 Å². The van der Waals surface area contributed by atoms with Crippen molar-refractivity contribution in [3.8, 4) is 0 Å². The van der Waals surface area contributed by atoms with Gasteiger partial charge in [0.15, 0.2) is 0 Å². The number of nitrogens with two attached hydrogens (primary N) is 1. The average molecular weight is 515 g/mol. The van der Waals surface area contributed by atoms with Gasteiger partial charge in [-0.25, -0.2) is 0 Å². The molecule has 4 aliphatic carbocycles. The fourth-order valence-corrected chi connectivity index (χ4v) is 10.6. The molecule has 10 atom stereocenters. The highest BCUT2D eigenvalue weighted by molar-refractivity contribution is 5.25. The molecule has 0 aromatic heterocycles. The topological polar surface area (TPSA) is 58.7 Å². The Morgan fingerprint density at radius 2 is 1.95 bits per heavy atom. The van der Waals surface area contributed by atoms with Gasteiger partial charge in [0, 0.05) is 25.7 Å². The summed E-state index contributed by atoms with van der Waals surface area (Å²) in [4.78, 5) is 2.57. The van der Waals surface area contributed by atoms with Crippen molar-refractivity contribution in [1.82, 2.24) is 4.90 Å². The van der Waals surface area contributed by atoms with E-state index >= 15 is 0 Å². The largest absolute Gasteiger partial charge is 0.393 e. The van der Waals surface area contributed by atoms with Gasteiger partial charge < -0.3 is 15.6 Å². The van der Waals surface area contributed by atoms with Gasteiger partial charge in [-0.1, -0.05) is 58.6 Å². The molecule has 4 heteroatoms. The van der Waals surface area contributed by atoms with Crippen LogP contribution in [0.4, 0.5) is 0 Å². The maximum absolute atomic E-state index is 10.3. The van der Waals surface area contributed by atoms with Gasteiger partial charge in [0.2, 0.25) is 0 Å². The van der Waals surface area contributed by atoms with Crippen molar-refractivity contribution in [3.05, 3.63) is 11.6 Å². The summed E-state index contributed by atoms with van der Waals surface area (Å²) in [7, 11) is 0. The lowest BCUT2D eigenvalue weighted by Gasteiger charge is -2.58. The summed E-state index contributed by atoms with van der Waals surface area (Å²) in [6.07, 6.45) is 18.1. The minimum absolute atomic E-state index is 0.0926. The zero-order valence-corrected chi connectivity index (χ0v) is 24.6. The Hall–Kier alpha value is -0.420. The van der Waals surface area contributed by atoms with Gasteiger partial charge in [-0.05, 0) is 104 Å². The van der Waals surface area contributed by atoms with Crippen LogP contribution in [0.3, 0.4) is 0 Å². The molecule has 1 heterocycles. The smallest absolute Gasteiger partial charge is 0.0622 e. The van der Waals surface area contributed by atoms with Gasteiger partial charge in [-0.3, -0.25) is 4.90 Å². The van der Waals surface area contributed by atoms with Crippen LogP contribution in [0.15, 0.2) is 11.6 Å². The average Bonchev–Trinajstić information content (AvgIpc) is 3.23. The lowest BCUT2D eigenvalue weighted by Crippen LogP contribution is -2.50. The van der Waals surface area contributed by atoms with E-state index in [9.17, 15) is 5.11 Å². The number of morpholine rings is 1. The van der Waals surface area contributed by atoms with Crippen LogP contribution in [0.2, 0.25) is 0 Å². The second-order valence-electron chi connectivity index (χ2n) is 14.7. The van der Waals surface area contributed by atoms with Crippen molar-refractivity contribution in [2.24, 2.45) is 52.1 Å². The van der Waals surface area contributed by atoms with Crippen molar-refractivity contribution in [1.29, 1.82) is 0 Å². The van der Waals surface area contributed by atoms with Gasteiger partial charge in [-0.15, -0.1) is 0 Å². The van der Waals surface area contributed by atoms with Crippen LogP contribution in [-0.2, 0) is 4.74 Å². The van der Waals surface area contributed by atoms with Crippen molar-refractivity contribution in [3.63, 3.8) is 0 Å². The number of hydrogen-bond donors (Lipinski definition) is 2. The predicted molar refractivity (Wildman–Crippen MR) is 153 cm³/mol. The molecule has 0 amide bonds. The fraction of sp³-hybridized carbons (Fsp3) is 0.939. The van der Waals surface area contributed by atoms with E-state index in [4.69, 9.17) is 10.5 Å². The predicted octanol–water partition coefficient (Wildman–Crippen LogP) is 6.42. The molecule has 0 radical (unpaired) electrons. The summed E-state index contributed by atoms with van der Waals surface area (Å²) in [6, 6.07) is 0.564. The molecule has 2 unspecified atom stereocenters. The molecule has 212 valence electrons. The first kappa shape index (κ1) is 28.1. The van der Waals surface area contributed by atoms with Crippen LogP contribution in [0.5, 0.6) is 0 Å². The fourth-order valence-electron chi connectivity index (χ4n) is 10.6. The number of nitrogens with zero attached hydrogens (tertiary/aromatic N) is 1. The van der Waals surface area contributed by atoms with Crippen molar-refractivity contribution in [2.75, 3.05) is 32.8 Å². The molecular formula is C33H58N2O2. The van der Waals surface area contributed by atoms with Crippen LogP contribution in [0.1, 0.15) is 105 Å². The first-order valence-corrected chi connectivity index (χ1v) is 16.2. The lowest BCUT2D eigenvalue weighted by atomic mass is 9.47. The quantitative estimate of drug-likeness (QED) is 0.349. The van der Waals surface area contributed by atoms with Gasteiger partial charge in [0.25, 0.3) is 0 Å². The van der Waals surface area contributed by atoms with E-state index in [0.29, 0.717) is 16.9 Å². The molecule has 0 bridgehead atoms. The Labute approximate surface area is 228 Å². The number of hydrogen-bond acceptors (Lipinski definition) is 4. The number of fused-ring (bicyclic) bond motifs is 5. The number of aliphatic hydroxyl groups excluding tert-OH is 1. The Morgan fingerprint density at radius 1 is 1.11 bits per heavy atom. The van der Waals surface area contributed by atoms with Crippen molar-refractivity contribution < 1.29 is 9.84 Å². The zero-order chi connectivity index (χ0) is 26.2. The number of allylic oxidation sites excluding steroid dienone is 1. The Morgan fingerprint density at radius 3 is 2.76 bits per heavy atom. The van der Waals surface area contributed by atoms with Crippen molar-refractivity contribution >= 4 is 0 Å². The molecule has 0 spiro atoms. The molecule has 1 aliphatic heterocycles. The summed E-state index contributed by atoms with van der Waals surface area (Å²) >= 11 is 0. The second kappa shape index (κ2) is 11.6. The summed E-state index contributed by atoms with van der Waals surface area (Å²) in [5.41, 5.74) is 8.39. The van der Waals surface area contributed by atoms with Gasteiger partial charge in [0.1, 0.15) is 0 Å². The summed E-state index contributed by atoms with van der Waals surface area (Å²) in [5, 5.41) is 10.3. The van der Waals surface area contributed by atoms with E-state index < -0.39 is 0 Å². The third kappa shape index (κ3) is 5.48. The Bertz CT molecular complexity index is 797. The first-order valence-electron chi connectivity index (χ1n) is 16.2. The second-order valence-corrected chi connectivity index (χ2v) is 14.7. The summed E-state index contributed by atoms with van der Waals surface area (Å²) in [5.74, 6) is 5.18. The highest BCUT2D eigenvalue weighted by Crippen LogP contribution is 2.67. The first-order chi connectivity index (χ1) is 17.8. The van der Waals surface area contributed by atoms with E-state index in [2.05, 4.69) is 38.7 Å². The number of aliphatic hydroxyl groups is 1.